The number of hydrogen-bond acceptors (Lipinski definition) is 4. The monoisotopic (exact) mass is 248 g/mol. The van der Waals surface area contributed by atoms with Crippen molar-refractivity contribution in [1.29, 1.82) is 0 Å². The lowest BCUT2D eigenvalue weighted by Crippen LogP contribution is -2.47. The van der Waals surface area contributed by atoms with Crippen LogP contribution in [0.2, 0.25) is 0 Å². The van der Waals surface area contributed by atoms with Gasteiger partial charge in [-0.3, -0.25) is 4.79 Å². The van der Waals surface area contributed by atoms with Crippen LogP contribution in [-0.2, 0) is 4.74 Å². The Morgan fingerprint density at radius 1 is 1.56 bits per heavy atom. The second kappa shape index (κ2) is 5.98. The van der Waals surface area contributed by atoms with Gasteiger partial charge in [-0.2, -0.15) is 0 Å². The molecule has 4 heteroatoms. The van der Waals surface area contributed by atoms with E-state index in [9.17, 15) is 4.79 Å². The van der Waals surface area contributed by atoms with Gasteiger partial charge in [0.25, 0.3) is 0 Å². The van der Waals surface area contributed by atoms with Crippen molar-refractivity contribution in [3.8, 4) is 0 Å². The molecule has 1 fully saturated rings. The Hall–Kier alpha value is -1.39. The van der Waals surface area contributed by atoms with Crippen molar-refractivity contribution >= 4 is 11.5 Å². The van der Waals surface area contributed by atoms with E-state index in [1.807, 2.05) is 31.3 Å². The Labute approximate surface area is 108 Å². The van der Waals surface area contributed by atoms with Crippen molar-refractivity contribution in [3.05, 3.63) is 29.8 Å². The largest absolute Gasteiger partial charge is 0.378 e. The standard InChI is InChI=1S/C14H20N2O2/c1-11(17)12-4-3-5-14(8-12)16(2)9-13-10-18-7-6-15-13/h3-5,8,13,15H,6-7,9-10H2,1-2H3. The Kier molecular flexibility index (Phi) is 4.33. The maximum Gasteiger partial charge on any atom is 0.159 e. The molecule has 0 saturated carbocycles. The molecule has 0 aromatic heterocycles. The van der Waals surface area contributed by atoms with Gasteiger partial charge in [0.05, 0.1) is 13.2 Å². The van der Waals surface area contributed by atoms with Crippen molar-refractivity contribution in [1.82, 2.24) is 5.32 Å². The third-order valence-corrected chi connectivity index (χ3v) is 3.19. The van der Waals surface area contributed by atoms with Crippen molar-refractivity contribution in [2.24, 2.45) is 0 Å². The Morgan fingerprint density at radius 3 is 3.06 bits per heavy atom. The first-order valence-electron chi connectivity index (χ1n) is 6.30. The summed E-state index contributed by atoms with van der Waals surface area (Å²) in [7, 11) is 2.04. The average Bonchev–Trinajstić information content (AvgIpc) is 2.40. The number of nitrogens with one attached hydrogen (secondary N) is 1. The third-order valence-electron chi connectivity index (χ3n) is 3.19. The number of ether oxygens (including phenoxy) is 1. The number of Topliss-reactive ketones (excluding diaryl/α,β-unsaturated/α-hetero) is 1. The number of benzene rings is 1. The highest BCUT2D eigenvalue weighted by Crippen LogP contribution is 2.15. The van der Waals surface area contributed by atoms with Crippen LogP contribution in [0.5, 0.6) is 0 Å². The van der Waals surface area contributed by atoms with Crippen LogP contribution in [0.15, 0.2) is 24.3 Å². The predicted molar refractivity (Wildman–Crippen MR) is 72.3 cm³/mol. The van der Waals surface area contributed by atoms with Gasteiger partial charge in [0.1, 0.15) is 0 Å². The molecule has 1 saturated heterocycles. The van der Waals surface area contributed by atoms with E-state index in [0.717, 1.165) is 37.6 Å². The van der Waals surface area contributed by atoms with E-state index in [-0.39, 0.29) is 5.78 Å². The number of nitrogens with zero attached hydrogens (tertiary/aromatic N) is 1. The highest BCUT2D eigenvalue weighted by molar-refractivity contribution is 5.94. The Morgan fingerprint density at radius 2 is 2.39 bits per heavy atom. The molecule has 1 heterocycles. The number of rotatable bonds is 4. The number of carbonyl (C=O) groups excluding carboxylic acids is 1. The average molecular weight is 248 g/mol. The van der Waals surface area contributed by atoms with Gasteiger partial charge < -0.3 is 15.0 Å². The number of carbonyl (C=O) groups is 1. The fourth-order valence-corrected chi connectivity index (χ4v) is 2.14. The molecule has 0 amide bonds. The van der Waals surface area contributed by atoms with Crippen LogP contribution < -0.4 is 10.2 Å². The van der Waals surface area contributed by atoms with Gasteiger partial charge in [-0.15, -0.1) is 0 Å². The minimum Gasteiger partial charge on any atom is -0.378 e. The predicted octanol–water partition coefficient (Wildman–Crippen LogP) is 1.31. The van der Waals surface area contributed by atoms with Crippen molar-refractivity contribution in [2.45, 2.75) is 13.0 Å². The summed E-state index contributed by atoms with van der Waals surface area (Å²) in [6, 6.07) is 8.08. The van der Waals surface area contributed by atoms with E-state index in [0.29, 0.717) is 6.04 Å². The first-order valence-corrected chi connectivity index (χ1v) is 6.30. The summed E-state index contributed by atoms with van der Waals surface area (Å²) >= 11 is 0. The molecule has 0 radical (unpaired) electrons. The van der Waals surface area contributed by atoms with Crippen LogP contribution in [0.4, 0.5) is 5.69 Å². The molecule has 4 nitrogen and oxygen atoms in total. The van der Waals surface area contributed by atoms with E-state index in [4.69, 9.17) is 4.74 Å². The number of ketones is 1. The topological polar surface area (TPSA) is 41.6 Å². The lowest BCUT2D eigenvalue weighted by Gasteiger charge is -2.29. The van der Waals surface area contributed by atoms with Crippen molar-refractivity contribution < 1.29 is 9.53 Å². The zero-order valence-corrected chi connectivity index (χ0v) is 11.0. The molecule has 98 valence electrons. The molecule has 2 rings (SSSR count). The second-order valence-corrected chi connectivity index (χ2v) is 4.71. The summed E-state index contributed by atoms with van der Waals surface area (Å²) in [4.78, 5) is 13.5. The number of anilines is 1. The molecule has 18 heavy (non-hydrogen) atoms. The normalized spacial score (nSPS) is 19.6. The maximum atomic E-state index is 11.4. The highest BCUT2D eigenvalue weighted by Gasteiger charge is 2.15. The molecule has 1 aliphatic heterocycles. The van der Waals surface area contributed by atoms with E-state index in [1.54, 1.807) is 6.92 Å². The minimum atomic E-state index is 0.101. The third kappa shape index (κ3) is 3.31. The SMILES string of the molecule is CC(=O)c1cccc(N(C)CC2COCCN2)c1. The van der Waals surface area contributed by atoms with Gasteiger partial charge in [-0.1, -0.05) is 12.1 Å². The molecule has 1 aliphatic rings. The van der Waals surface area contributed by atoms with Gasteiger partial charge in [-0.05, 0) is 19.1 Å². The van der Waals surface area contributed by atoms with Gasteiger partial charge in [0.2, 0.25) is 0 Å². The second-order valence-electron chi connectivity index (χ2n) is 4.71. The Bertz CT molecular complexity index is 414. The molecule has 1 aromatic rings. The Balaban J connectivity index is 2.01. The van der Waals surface area contributed by atoms with Gasteiger partial charge >= 0.3 is 0 Å². The van der Waals surface area contributed by atoms with Crippen LogP contribution in [0, 0.1) is 0 Å². The van der Waals surface area contributed by atoms with Crippen LogP contribution in [0.3, 0.4) is 0 Å². The molecule has 1 aromatic carbocycles. The molecule has 0 aliphatic carbocycles. The van der Waals surface area contributed by atoms with E-state index < -0.39 is 0 Å². The fraction of sp³-hybridized carbons (Fsp3) is 0.500. The van der Waals surface area contributed by atoms with Crippen molar-refractivity contribution in [3.63, 3.8) is 0 Å². The van der Waals surface area contributed by atoms with E-state index in [2.05, 4.69) is 10.2 Å². The van der Waals surface area contributed by atoms with Gasteiger partial charge in [0.15, 0.2) is 5.78 Å². The fourth-order valence-electron chi connectivity index (χ4n) is 2.14. The van der Waals surface area contributed by atoms with Gasteiger partial charge in [-0.25, -0.2) is 0 Å². The number of hydrogen-bond donors (Lipinski definition) is 1. The summed E-state index contributed by atoms with van der Waals surface area (Å²) in [6.45, 7) is 4.92. The lowest BCUT2D eigenvalue weighted by atomic mass is 10.1. The van der Waals surface area contributed by atoms with E-state index >= 15 is 0 Å². The molecule has 1 unspecified atom stereocenters. The zero-order valence-electron chi connectivity index (χ0n) is 11.0. The lowest BCUT2D eigenvalue weighted by molar-refractivity contribution is 0.0791. The molecular weight excluding hydrogens is 228 g/mol. The first kappa shape index (κ1) is 13.1. The van der Waals surface area contributed by atoms with Gasteiger partial charge in [0, 0.05) is 37.4 Å². The smallest absolute Gasteiger partial charge is 0.159 e. The molecule has 1 atom stereocenters. The summed E-state index contributed by atoms with van der Waals surface area (Å²) in [5.74, 6) is 0.101. The molecule has 1 N–H and O–H groups in total. The van der Waals surface area contributed by atoms with Crippen LogP contribution in [0.25, 0.3) is 0 Å². The van der Waals surface area contributed by atoms with Crippen molar-refractivity contribution in [2.75, 3.05) is 38.3 Å². The summed E-state index contributed by atoms with van der Waals surface area (Å²) in [5.41, 5.74) is 1.82. The summed E-state index contributed by atoms with van der Waals surface area (Å²) in [5, 5.41) is 3.42. The molecular formula is C14H20N2O2. The van der Waals surface area contributed by atoms with E-state index in [1.165, 1.54) is 0 Å². The molecule has 0 spiro atoms. The zero-order chi connectivity index (χ0) is 13.0. The first-order chi connectivity index (χ1) is 8.66. The summed E-state index contributed by atoms with van der Waals surface area (Å²) in [6.07, 6.45) is 0. The quantitative estimate of drug-likeness (QED) is 0.816. The summed E-state index contributed by atoms with van der Waals surface area (Å²) < 4.78 is 5.44. The maximum absolute atomic E-state index is 11.4. The number of likely N-dealkylation sites (N-methyl/N-ethyl adjacent to an activating group) is 1. The van der Waals surface area contributed by atoms with Crippen LogP contribution in [-0.4, -0.2) is 45.2 Å². The van der Waals surface area contributed by atoms with Crippen LogP contribution >= 0.6 is 0 Å². The van der Waals surface area contributed by atoms with Crippen LogP contribution in [0.1, 0.15) is 17.3 Å². The molecule has 0 bridgehead atoms. The number of morpholine rings is 1. The minimum absolute atomic E-state index is 0.101. The highest BCUT2D eigenvalue weighted by atomic mass is 16.5.